The average molecular weight is 371 g/mol. The number of carbonyl (C=O) groups is 1. The Hall–Kier alpha value is -2.78. The number of piperazine rings is 1. The molecule has 1 aliphatic rings. The normalized spacial score (nSPS) is 16.1. The molecule has 3 aromatic heterocycles. The van der Waals surface area contributed by atoms with Crippen molar-refractivity contribution in [2.75, 3.05) is 38.5 Å². The number of rotatable bonds is 5. The quantitative estimate of drug-likeness (QED) is 0.683. The predicted molar refractivity (Wildman–Crippen MR) is 99.8 cm³/mol. The van der Waals surface area contributed by atoms with Crippen LogP contribution in [-0.2, 0) is 18.4 Å². The van der Waals surface area contributed by atoms with Crippen LogP contribution in [0.4, 0.5) is 10.2 Å². The highest BCUT2D eigenvalue weighted by Gasteiger charge is 2.20. The third-order valence-electron chi connectivity index (χ3n) is 5.02. The zero-order chi connectivity index (χ0) is 19.0. The molecule has 4 heterocycles. The van der Waals surface area contributed by atoms with Crippen LogP contribution in [0.25, 0.3) is 16.8 Å². The Morgan fingerprint density at radius 2 is 2.00 bits per heavy atom. The Balaban J connectivity index is 1.69. The second kappa shape index (κ2) is 7.09. The largest absolute Gasteiger partial charge is 0.312 e. The number of aromatic nitrogens is 4. The SMILES string of the molecule is CN1CCN(Cc2cnn(C)c2-c2cc3cc(NC=O)nn3cc2F)CC1. The van der Waals surface area contributed by atoms with Crippen LogP contribution in [0.2, 0.25) is 0 Å². The lowest BCUT2D eigenvalue weighted by atomic mass is 10.1. The summed E-state index contributed by atoms with van der Waals surface area (Å²) in [4.78, 5) is 15.3. The van der Waals surface area contributed by atoms with E-state index in [0.29, 0.717) is 23.3 Å². The fourth-order valence-electron chi connectivity index (χ4n) is 3.52. The number of amides is 1. The summed E-state index contributed by atoms with van der Waals surface area (Å²) in [6.45, 7) is 4.75. The second-order valence-electron chi connectivity index (χ2n) is 6.92. The van der Waals surface area contributed by atoms with Gasteiger partial charge in [-0.3, -0.25) is 14.4 Å². The molecule has 8 nitrogen and oxygen atoms in total. The van der Waals surface area contributed by atoms with Crippen LogP contribution >= 0.6 is 0 Å². The molecule has 4 rings (SSSR count). The highest BCUT2D eigenvalue weighted by atomic mass is 19.1. The highest BCUT2D eigenvalue weighted by molar-refractivity contribution is 5.75. The summed E-state index contributed by atoms with van der Waals surface area (Å²) in [6, 6.07) is 3.44. The summed E-state index contributed by atoms with van der Waals surface area (Å²) < 4.78 is 18.0. The zero-order valence-electron chi connectivity index (χ0n) is 15.4. The number of nitrogens with zero attached hydrogens (tertiary/aromatic N) is 6. The van der Waals surface area contributed by atoms with E-state index in [2.05, 4.69) is 32.4 Å². The number of hydrogen-bond acceptors (Lipinski definition) is 5. The van der Waals surface area contributed by atoms with E-state index in [1.807, 2.05) is 13.2 Å². The van der Waals surface area contributed by atoms with Crippen molar-refractivity contribution in [3.8, 4) is 11.3 Å². The van der Waals surface area contributed by atoms with Crippen molar-refractivity contribution in [2.24, 2.45) is 7.05 Å². The minimum atomic E-state index is -0.383. The Morgan fingerprint density at radius 1 is 1.22 bits per heavy atom. The molecule has 9 heteroatoms. The van der Waals surface area contributed by atoms with E-state index in [9.17, 15) is 9.18 Å². The summed E-state index contributed by atoms with van der Waals surface area (Å²) in [5.74, 6) is -0.00398. The van der Waals surface area contributed by atoms with Gasteiger partial charge in [0.25, 0.3) is 0 Å². The van der Waals surface area contributed by atoms with E-state index in [1.165, 1.54) is 10.7 Å². The number of hydrogen-bond donors (Lipinski definition) is 1. The second-order valence-corrected chi connectivity index (χ2v) is 6.92. The fourth-order valence-corrected chi connectivity index (χ4v) is 3.52. The minimum Gasteiger partial charge on any atom is -0.312 e. The van der Waals surface area contributed by atoms with Crippen LogP contribution in [0.1, 0.15) is 5.56 Å². The molecule has 0 bridgehead atoms. The molecule has 0 spiro atoms. The van der Waals surface area contributed by atoms with Crippen LogP contribution in [0.3, 0.4) is 0 Å². The van der Waals surface area contributed by atoms with Gasteiger partial charge in [0.1, 0.15) is 0 Å². The lowest BCUT2D eigenvalue weighted by Crippen LogP contribution is -2.43. The Kier molecular flexibility index (Phi) is 4.63. The van der Waals surface area contributed by atoms with Crippen LogP contribution in [-0.4, -0.2) is 68.8 Å². The maximum atomic E-state index is 14.9. The maximum absolute atomic E-state index is 14.9. The van der Waals surface area contributed by atoms with Crippen LogP contribution in [0, 0.1) is 5.82 Å². The molecule has 1 N–H and O–H groups in total. The van der Waals surface area contributed by atoms with Crippen molar-refractivity contribution in [1.82, 2.24) is 29.2 Å². The van der Waals surface area contributed by atoms with Gasteiger partial charge in [0.2, 0.25) is 6.41 Å². The number of pyridine rings is 1. The molecule has 0 radical (unpaired) electrons. The number of aryl methyl sites for hydroxylation is 1. The number of likely N-dealkylation sites (N-methyl/N-ethyl adjacent to an activating group) is 1. The van der Waals surface area contributed by atoms with Gasteiger partial charge in [-0.05, 0) is 13.1 Å². The average Bonchev–Trinajstić information content (AvgIpc) is 3.19. The molecular weight excluding hydrogens is 349 g/mol. The molecule has 1 saturated heterocycles. The zero-order valence-corrected chi connectivity index (χ0v) is 15.4. The number of fused-ring (bicyclic) bond motifs is 1. The molecule has 3 aromatic rings. The van der Waals surface area contributed by atoms with E-state index in [-0.39, 0.29) is 5.82 Å². The smallest absolute Gasteiger partial charge is 0.212 e. The van der Waals surface area contributed by atoms with Crippen molar-refractivity contribution in [2.45, 2.75) is 6.54 Å². The molecule has 1 aliphatic heterocycles. The van der Waals surface area contributed by atoms with Crippen molar-refractivity contribution in [1.29, 1.82) is 0 Å². The van der Waals surface area contributed by atoms with Crippen molar-refractivity contribution >= 4 is 17.7 Å². The molecule has 142 valence electrons. The number of nitrogens with one attached hydrogen (secondary N) is 1. The summed E-state index contributed by atoms with van der Waals surface area (Å²) in [5.41, 5.74) is 2.93. The summed E-state index contributed by atoms with van der Waals surface area (Å²) in [6.07, 6.45) is 3.69. The fraction of sp³-hybridized carbons (Fsp3) is 0.389. The summed E-state index contributed by atoms with van der Waals surface area (Å²) in [7, 11) is 3.94. The molecule has 0 saturated carbocycles. The standard InChI is InChI=1S/C18H22FN7O/c1-23-3-5-25(6-4-23)10-13-9-21-24(2)18(13)15-7-14-8-17(20-12-27)22-26(14)11-16(15)19/h7-9,11-12H,3-6,10H2,1-2H3,(H,20,22,27). The van der Waals surface area contributed by atoms with E-state index in [0.717, 1.165) is 44.0 Å². The maximum Gasteiger partial charge on any atom is 0.212 e. The van der Waals surface area contributed by atoms with Gasteiger partial charge in [-0.1, -0.05) is 0 Å². The van der Waals surface area contributed by atoms with Gasteiger partial charge >= 0.3 is 0 Å². The van der Waals surface area contributed by atoms with Crippen molar-refractivity contribution in [3.05, 3.63) is 35.9 Å². The number of carbonyl (C=O) groups excluding carboxylic acids is 1. The lowest BCUT2D eigenvalue weighted by Gasteiger charge is -2.32. The van der Waals surface area contributed by atoms with E-state index >= 15 is 0 Å². The van der Waals surface area contributed by atoms with Gasteiger partial charge in [0, 0.05) is 57.0 Å². The van der Waals surface area contributed by atoms with Gasteiger partial charge in [0.05, 0.1) is 23.6 Å². The molecule has 0 unspecified atom stereocenters. The van der Waals surface area contributed by atoms with Crippen LogP contribution in [0.5, 0.6) is 0 Å². The molecule has 0 aromatic carbocycles. The molecule has 1 fully saturated rings. The first-order valence-electron chi connectivity index (χ1n) is 8.86. The topological polar surface area (TPSA) is 70.7 Å². The van der Waals surface area contributed by atoms with Crippen LogP contribution < -0.4 is 5.32 Å². The highest BCUT2D eigenvalue weighted by Crippen LogP contribution is 2.29. The first-order chi connectivity index (χ1) is 13.0. The van der Waals surface area contributed by atoms with Crippen LogP contribution in [0.15, 0.2) is 24.5 Å². The van der Waals surface area contributed by atoms with Gasteiger partial charge in [-0.15, -0.1) is 5.10 Å². The van der Waals surface area contributed by atoms with Gasteiger partial charge < -0.3 is 10.2 Å². The Labute approximate surface area is 156 Å². The van der Waals surface area contributed by atoms with E-state index < -0.39 is 0 Å². The summed E-state index contributed by atoms with van der Waals surface area (Å²) in [5, 5.41) is 11.0. The number of halogens is 1. The molecule has 0 atom stereocenters. The monoisotopic (exact) mass is 371 g/mol. The Morgan fingerprint density at radius 3 is 2.74 bits per heavy atom. The first kappa shape index (κ1) is 17.6. The van der Waals surface area contributed by atoms with Gasteiger partial charge in [-0.2, -0.15) is 5.10 Å². The first-order valence-corrected chi connectivity index (χ1v) is 8.86. The van der Waals surface area contributed by atoms with Gasteiger partial charge in [-0.25, -0.2) is 8.91 Å². The summed E-state index contributed by atoms with van der Waals surface area (Å²) >= 11 is 0. The van der Waals surface area contributed by atoms with E-state index in [4.69, 9.17) is 0 Å². The van der Waals surface area contributed by atoms with Crippen molar-refractivity contribution in [3.63, 3.8) is 0 Å². The van der Waals surface area contributed by atoms with E-state index in [1.54, 1.807) is 16.8 Å². The lowest BCUT2D eigenvalue weighted by molar-refractivity contribution is -0.105. The molecule has 1 amide bonds. The Bertz CT molecular complexity index is 972. The third kappa shape index (κ3) is 3.43. The predicted octanol–water partition coefficient (Wildman–Crippen LogP) is 1.19. The molecule has 27 heavy (non-hydrogen) atoms. The number of anilines is 1. The third-order valence-corrected chi connectivity index (χ3v) is 5.02. The molecular formula is C18H22FN7O. The van der Waals surface area contributed by atoms with Crippen molar-refractivity contribution < 1.29 is 9.18 Å². The van der Waals surface area contributed by atoms with Gasteiger partial charge in [0.15, 0.2) is 11.6 Å². The molecule has 0 aliphatic carbocycles. The minimum absolute atomic E-state index is 0.379.